The van der Waals surface area contributed by atoms with Crippen LogP contribution in [0.1, 0.15) is 32.7 Å². The fraction of sp³-hybridized carbons (Fsp3) is 0.360. The van der Waals surface area contributed by atoms with E-state index in [1.54, 1.807) is 24.3 Å². The molecular weight excluding hydrogens is 598 g/mol. The molecule has 0 unspecified atom stereocenters. The third kappa shape index (κ3) is 3.88. The molecule has 9 nitrogen and oxygen atoms in total. The Labute approximate surface area is 223 Å². The van der Waals surface area contributed by atoms with Gasteiger partial charge in [0.15, 0.2) is 5.78 Å². The van der Waals surface area contributed by atoms with Crippen molar-refractivity contribution in [1.82, 2.24) is 10.0 Å². The van der Waals surface area contributed by atoms with Crippen molar-refractivity contribution < 1.29 is 24.1 Å². The van der Waals surface area contributed by atoms with Crippen LogP contribution < -0.4 is 0 Å². The number of nitro benzene ring substituents is 1. The molecule has 186 valence electrons. The highest BCUT2D eigenvalue weighted by Crippen LogP contribution is 2.60. The zero-order valence-electron chi connectivity index (χ0n) is 19.0. The van der Waals surface area contributed by atoms with Gasteiger partial charge in [-0.2, -0.15) is 5.01 Å². The molecule has 2 aromatic carbocycles. The summed E-state index contributed by atoms with van der Waals surface area (Å²) >= 11 is 7.28. The Balaban J connectivity index is 1.52. The van der Waals surface area contributed by atoms with Crippen LogP contribution in [0.3, 0.4) is 0 Å². The summed E-state index contributed by atoms with van der Waals surface area (Å²) in [6, 6.07) is 11.7. The lowest BCUT2D eigenvalue weighted by Gasteiger charge is -2.30. The maximum atomic E-state index is 13.6. The zero-order valence-corrected chi connectivity index (χ0v) is 22.2. The Morgan fingerprint density at radius 2 is 1.58 bits per heavy atom. The number of amides is 3. The van der Waals surface area contributed by atoms with Gasteiger partial charge >= 0.3 is 0 Å². The van der Waals surface area contributed by atoms with Crippen LogP contribution in [0.5, 0.6) is 0 Å². The first-order valence-corrected chi connectivity index (χ1v) is 13.3. The first kappa shape index (κ1) is 24.8. The van der Waals surface area contributed by atoms with Crippen LogP contribution in [-0.4, -0.2) is 54.6 Å². The summed E-state index contributed by atoms with van der Waals surface area (Å²) < 4.78 is 0. The summed E-state index contributed by atoms with van der Waals surface area (Å²) in [6.07, 6.45) is 0.716. The van der Waals surface area contributed by atoms with Crippen LogP contribution >= 0.6 is 31.9 Å². The van der Waals surface area contributed by atoms with Gasteiger partial charge in [-0.25, -0.2) is 5.01 Å². The molecule has 11 heteroatoms. The molecule has 6 atom stereocenters. The summed E-state index contributed by atoms with van der Waals surface area (Å²) in [7, 11) is 0. The molecule has 1 saturated heterocycles. The van der Waals surface area contributed by atoms with Crippen LogP contribution in [0.2, 0.25) is 0 Å². The van der Waals surface area contributed by atoms with E-state index in [9.17, 15) is 29.3 Å². The van der Waals surface area contributed by atoms with E-state index in [4.69, 9.17) is 0 Å². The first-order chi connectivity index (χ1) is 17.1. The van der Waals surface area contributed by atoms with Gasteiger partial charge in [-0.05, 0) is 31.2 Å². The second-order valence-electron chi connectivity index (χ2n) is 9.45. The summed E-state index contributed by atoms with van der Waals surface area (Å²) in [4.78, 5) is 64.7. The normalized spacial score (nSPS) is 28.4. The average molecular weight is 619 g/mol. The molecule has 1 aliphatic heterocycles. The van der Waals surface area contributed by atoms with E-state index in [0.717, 1.165) is 21.6 Å². The van der Waals surface area contributed by atoms with Gasteiger partial charge in [-0.15, -0.1) is 0 Å². The molecule has 1 heterocycles. The molecule has 0 spiro atoms. The largest absolute Gasteiger partial charge is 0.292 e. The Morgan fingerprint density at radius 3 is 2.14 bits per heavy atom. The van der Waals surface area contributed by atoms with Crippen molar-refractivity contribution >= 4 is 61.1 Å². The number of alkyl halides is 2. The number of Topliss-reactive ketones (excluding diaryl/α,β-unsaturated/α-hetero) is 1. The van der Waals surface area contributed by atoms with E-state index in [1.165, 1.54) is 18.2 Å². The predicted molar refractivity (Wildman–Crippen MR) is 136 cm³/mol. The number of nitro groups is 1. The predicted octanol–water partition coefficient (Wildman–Crippen LogP) is 3.92. The number of ketones is 1. The van der Waals surface area contributed by atoms with Crippen LogP contribution in [0.4, 0.5) is 5.69 Å². The van der Waals surface area contributed by atoms with E-state index < -0.39 is 46.8 Å². The standard InChI is InChI=1S/C25H21Br2N3O6/c1-12-5-7-13(8-6-12)18(31)11-28(23(32)14-3-2-4-15(9-14)30(35)36)29-24(33)19-16-10-17(20(19)25(29)34)22(27)21(16)26/h2-9,16-17,19-22H,10-11H2,1H3/t16-,17-,19-,20-,21+,22+/m1/s1. The van der Waals surface area contributed by atoms with E-state index in [2.05, 4.69) is 31.9 Å². The van der Waals surface area contributed by atoms with Crippen LogP contribution in [-0.2, 0) is 9.59 Å². The highest BCUT2D eigenvalue weighted by atomic mass is 79.9. The van der Waals surface area contributed by atoms with Crippen LogP contribution in [0, 0.1) is 40.7 Å². The Morgan fingerprint density at radius 1 is 1.00 bits per heavy atom. The minimum absolute atomic E-state index is 0.00978. The molecule has 36 heavy (non-hydrogen) atoms. The number of imide groups is 1. The van der Waals surface area contributed by atoms with Gasteiger partial charge in [0.2, 0.25) is 0 Å². The molecule has 3 fully saturated rings. The zero-order chi connectivity index (χ0) is 25.9. The number of carbonyl (C=O) groups is 4. The van der Waals surface area contributed by atoms with Crippen LogP contribution in [0.15, 0.2) is 48.5 Å². The van der Waals surface area contributed by atoms with Gasteiger partial charge in [0.25, 0.3) is 23.4 Å². The Kier molecular flexibility index (Phi) is 6.32. The molecule has 0 N–H and O–H groups in total. The fourth-order valence-electron chi connectivity index (χ4n) is 5.67. The molecule has 5 rings (SSSR count). The monoisotopic (exact) mass is 617 g/mol. The van der Waals surface area contributed by atoms with Gasteiger partial charge < -0.3 is 0 Å². The van der Waals surface area contributed by atoms with Crippen molar-refractivity contribution in [3.63, 3.8) is 0 Å². The Hall–Kier alpha value is -2.92. The van der Waals surface area contributed by atoms with Crippen molar-refractivity contribution in [1.29, 1.82) is 0 Å². The quantitative estimate of drug-likeness (QED) is 0.159. The number of rotatable bonds is 6. The third-order valence-corrected chi connectivity index (χ3v) is 10.6. The average Bonchev–Trinajstić information content (AvgIpc) is 3.47. The summed E-state index contributed by atoms with van der Waals surface area (Å²) in [5.41, 5.74) is 0.845. The minimum atomic E-state index is -0.834. The van der Waals surface area contributed by atoms with Gasteiger partial charge in [0.1, 0.15) is 6.54 Å². The number of non-ortho nitro benzene ring substituents is 1. The number of hydrogen-bond acceptors (Lipinski definition) is 6. The van der Waals surface area contributed by atoms with Crippen molar-refractivity contribution in [3.05, 3.63) is 75.3 Å². The summed E-state index contributed by atoms with van der Waals surface area (Å²) in [6.45, 7) is 1.31. The SMILES string of the molecule is Cc1ccc(C(=O)CN(C(=O)c2cccc([N+](=O)[O-])c2)N2C(=O)[C@@H]3[C@H]4C[C@@H]([C@H](Br)[C@H]4Br)[C@H]3C2=O)cc1. The molecule has 2 bridgehead atoms. The first-order valence-electron chi connectivity index (χ1n) is 11.4. The van der Waals surface area contributed by atoms with E-state index >= 15 is 0 Å². The molecule has 2 aliphatic carbocycles. The molecule has 0 aromatic heterocycles. The van der Waals surface area contributed by atoms with Crippen molar-refractivity contribution in [2.75, 3.05) is 6.54 Å². The number of hydrazine groups is 1. The molecule has 3 aliphatic rings. The van der Waals surface area contributed by atoms with Crippen molar-refractivity contribution in [2.24, 2.45) is 23.7 Å². The van der Waals surface area contributed by atoms with E-state index in [0.29, 0.717) is 12.0 Å². The molecule has 3 amide bonds. The molecule has 2 aromatic rings. The molecule has 0 radical (unpaired) electrons. The number of hydrogen-bond donors (Lipinski definition) is 0. The summed E-state index contributed by atoms with van der Waals surface area (Å²) in [5.74, 6) is -3.66. The lowest BCUT2D eigenvalue weighted by molar-refractivity contribution is -0.384. The highest BCUT2D eigenvalue weighted by Gasteiger charge is 2.67. The van der Waals surface area contributed by atoms with Crippen LogP contribution in [0.25, 0.3) is 0 Å². The lowest BCUT2D eigenvalue weighted by atomic mass is 9.81. The third-order valence-electron chi connectivity index (χ3n) is 7.41. The van der Waals surface area contributed by atoms with E-state index in [-0.39, 0.29) is 32.7 Å². The molecular formula is C25H21Br2N3O6. The maximum Gasteiger partial charge on any atom is 0.273 e. The lowest BCUT2D eigenvalue weighted by Crippen LogP contribution is -2.52. The maximum absolute atomic E-state index is 13.6. The molecule has 2 saturated carbocycles. The van der Waals surface area contributed by atoms with Gasteiger partial charge in [0.05, 0.1) is 16.8 Å². The Bertz CT molecular complexity index is 1270. The highest BCUT2D eigenvalue weighted by molar-refractivity contribution is 9.12. The fourth-order valence-corrected chi connectivity index (χ4v) is 7.55. The number of benzene rings is 2. The van der Waals surface area contributed by atoms with Gasteiger partial charge in [-0.3, -0.25) is 29.3 Å². The van der Waals surface area contributed by atoms with E-state index in [1.807, 2.05) is 6.92 Å². The number of halogens is 2. The van der Waals surface area contributed by atoms with Gasteiger partial charge in [0, 0.05) is 32.9 Å². The van der Waals surface area contributed by atoms with Gasteiger partial charge in [-0.1, -0.05) is 67.8 Å². The number of carbonyl (C=O) groups excluding carboxylic acids is 4. The summed E-state index contributed by atoms with van der Waals surface area (Å²) in [5, 5.41) is 12.9. The minimum Gasteiger partial charge on any atom is -0.292 e. The number of aryl methyl sites for hydroxylation is 1. The second kappa shape index (κ2) is 9.19. The topological polar surface area (TPSA) is 118 Å². The smallest absolute Gasteiger partial charge is 0.273 e. The second-order valence-corrected chi connectivity index (χ2v) is 11.6. The van der Waals surface area contributed by atoms with Crippen molar-refractivity contribution in [3.8, 4) is 0 Å². The number of fused-ring (bicyclic) bond motifs is 5. The number of nitrogens with zero attached hydrogens (tertiary/aromatic N) is 3. The van der Waals surface area contributed by atoms with Crippen molar-refractivity contribution in [2.45, 2.75) is 23.0 Å².